The Morgan fingerprint density at radius 1 is 1.26 bits per heavy atom. The number of hydrogen-bond donors (Lipinski definition) is 0. The van der Waals surface area contributed by atoms with E-state index in [2.05, 4.69) is 6.92 Å². The maximum Gasteiger partial charge on any atom is 0.206 e. The average molecular weight is 274 g/mol. The number of carbonyl (C=O) groups excluding carboxylic acids is 1. The lowest BCUT2D eigenvalue weighted by molar-refractivity contribution is 0.103. The highest BCUT2D eigenvalue weighted by atomic mass is 32.1. The van der Waals surface area contributed by atoms with Crippen molar-refractivity contribution in [3.05, 3.63) is 50.7 Å². The Balaban J connectivity index is 2.53. The first-order chi connectivity index (χ1) is 9.10. The van der Waals surface area contributed by atoms with E-state index in [0.29, 0.717) is 11.3 Å². The van der Waals surface area contributed by atoms with Crippen LogP contribution in [-0.2, 0) is 6.42 Å². The fourth-order valence-corrected chi connectivity index (χ4v) is 3.12. The van der Waals surface area contributed by atoms with Crippen molar-refractivity contribution in [1.29, 1.82) is 0 Å². The predicted octanol–water partition coefficient (Wildman–Crippen LogP) is 4.17. The van der Waals surface area contributed by atoms with E-state index in [0.717, 1.165) is 28.0 Å². The largest absolute Gasteiger partial charge is 0.496 e. The van der Waals surface area contributed by atoms with Crippen LogP contribution >= 0.6 is 11.3 Å². The zero-order valence-electron chi connectivity index (χ0n) is 11.7. The van der Waals surface area contributed by atoms with Gasteiger partial charge in [-0.3, -0.25) is 4.79 Å². The molecule has 0 saturated carbocycles. The molecule has 0 spiro atoms. The van der Waals surface area contributed by atoms with Gasteiger partial charge in [-0.05, 0) is 54.5 Å². The zero-order valence-corrected chi connectivity index (χ0v) is 12.6. The third-order valence-corrected chi connectivity index (χ3v) is 4.41. The Hall–Kier alpha value is -1.61. The summed E-state index contributed by atoms with van der Waals surface area (Å²) in [6.07, 6.45) is 0.873. The minimum Gasteiger partial charge on any atom is -0.496 e. The van der Waals surface area contributed by atoms with Gasteiger partial charge in [0.05, 0.1) is 17.6 Å². The monoisotopic (exact) mass is 274 g/mol. The second-order valence-electron chi connectivity index (χ2n) is 4.55. The topological polar surface area (TPSA) is 26.3 Å². The molecule has 0 aliphatic heterocycles. The van der Waals surface area contributed by atoms with Crippen molar-refractivity contribution in [3.63, 3.8) is 0 Å². The number of carbonyl (C=O) groups is 1. The molecule has 1 aromatic heterocycles. The molecule has 0 saturated heterocycles. The molecule has 0 N–H and O–H groups in total. The molecule has 2 nitrogen and oxygen atoms in total. The molecule has 1 heterocycles. The standard InChI is InChI=1S/C16H18O2S/c1-5-12-8-9-19-16(12)14(17)13-7-6-10(2)11(3)15(13)18-4/h6-9H,5H2,1-4H3. The highest BCUT2D eigenvalue weighted by Gasteiger charge is 2.20. The lowest BCUT2D eigenvalue weighted by Gasteiger charge is -2.12. The van der Waals surface area contributed by atoms with Crippen molar-refractivity contribution < 1.29 is 9.53 Å². The van der Waals surface area contributed by atoms with Crippen LogP contribution in [0, 0.1) is 13.8 Å². The highest BCUT2D eigenvalue weighted by molar-refractivity contribution is 7.12. The van der Waals surface area contributed by atoms with Crippen LogP contribution in [0.5, 0.6) is 5.75 Å². The van der Waals surface area contributed by atoms with E-state index in [9.17, 15) is 4.79 Å². The van der Waals surface area contributed by atoms with Gasteiger partial charge in [0.15, 0.2) is 0 Å². The van der Waals surface area contributed by atoms with Gasteiger partial charge >= 0.3 is 0 Å². The summed E-state index contributed by atoms with van der Waals surface area (Å²) in [6.45, 7) is 6.07. The first-order valence-electron chi connectivity index (χ1n) is 6.35. The van der Waals surface area contributed by atoms with Gasteiger partial charge < -0.3 is 4.74 Å². The van der Waals surface area contributed by atoms with Gasteiger partial charge in [0.25, 0.3) is 0 Å². The van der Waals surface area contributed by atoms with E-state index in [4.69, 9.17) is 4.74 Å². The van der Waals surface area contributed by atoms with Crippen molar-refractivity contribution >= 4 is 17.1 Å². The zero-order chi connectivity index (χ0) is 14.0. The summed E-state index contributed by atoms with van der Waals surface area (Å²) < 4.78 is 5.43. The van der Waals surface area contributed by atoms with Crippen LogP contribution < -0.4 is 4.74 Å². The molecule has 0 bridgehead atoms. The summed E-state index contributed by atoms with van der Waals surface area (Å²) in [6, 6.07) is 5.86. The quantitative estimate of drug-likeness (QED) is 0.782. The van der Waals surface area contributed by atoms with E-state index < -0.39 is 0 Å². The van der Waals surface area contributed by atoms with Gasteiger partial charge in [0, 0.05) is 0 Å². The Labute approximate surface area is 118 Å². The Kier molecular flexibility index (Phi) is 4.05. The number of hydrogen-bond acceptors (Lipinski definition) is 3. The number of aryl methyl sites for hydroxylation is 2. The number of thiophene rings is 1. The molecule has 2 rings (SSSR count). The maximum atomic E-state index is 12.7. The van der Waals surface area contributed by atoms with Crippen LogP contribution in [0.3, 0.4) is 0 Å². The fourth-order valence-electron chi connectivity index (χ4n) is 2.17. The number of ketones is 1. The average Bonchev–Trinajstić information content (AvgIpc) is 2.89. The summed E-state index contributed by atoms with van der Waals surface area (Å²) in [5.41, 5.74) is 3.93. The van der Waals surface area contributed by atoms with Gasteiger partial charge in [-0.1, -0.05) is 13.0 Å². The van der Waals surface area contributed by atoms with Crippen molar-refractivity contribution in [3.8, 4) is 5.75 Å². The fraction of sp³-hybridized carbons (Fsp3) is 0.312. The van der Waals surface area contributed by atoms with E-state index in [-0.39, 0.29) is 5.78 Å². The van der Waals surface area contributed by atoms with E-state index in [1.165, 1.54) is 11.3 Å². The maximum absolute atomic E-state index is 12.7. The molecule has 0 fully saturated rings. The van der Waals surface area contributed by atoms with Gasteiger partial charge in [0.2, 0.25) is 5.78 Å². The van der Waals surface area contributed by atoms with Crippen LogP contribution in [0.2, 0.25) is 0 Å². The van der Waals surface area contributed by atoms with Crippen LogP contribution in [-0.4, -0.2) is 12.9 Å². The molecule has 0 unspecified atom stereocenters. The second kappa shape index (κ2) is 5.57. The summed E-state index contributed by atoms with van der Waals surface area (Å²) in [4.78, 5) is 13.5. The summed E-state index contributed by atoms with van der Waals surface area (Å²) in [5.74, 6) is 0.757. The minimum absolute atomic E-state index is 0.0619. The first-order valence-corrected chi connectivity index (χ1v) is 7.23. The Morgan fingerprint density at radius 2 is 2.00 bits per heavy atom. The number of rotatable bonds is 4. The van der Waals surface area contributed by atoms with Crippen molar-refractivity contribution in [2.75, 3.05) is 7.11 Å². The highest BCUT2D eigenvalue weighted by Crippen LogP contribution is 2.30. The van der Waals surface area contributed by atoms with Gasteiger partial charge in [0.1, 0.15) is 5.75 Å². The van der Waals surface area contributed by atoms with E-state index >= 15 is 0 Å². The predicted molar refractivity (Wildman–Crippen MR) is 79.6 cm³/mol. The molecule has 3 heteroatoms. The van der Waals surface area contributed by atoms with Gasteiger partial charge in [-0.25, -0.2) is 0 Å². The van der Waals surface area contributed by atoms with Crippen LogP contribution in [0.4, 0.5) is 0 Å². The molecule has 1 aromatic carbocycles. The molecule has 0 amide bonds. The number of ether oxygens (including phenoxy) is 1. The first kappa shape index (κ1) is 13.8. The van der Waals surface area contributed by atoms with Crippen LogP contribution in [0.25, 0.3) is 0 Å². The van der Waals surface area contributed by atoms with Crippen molar-refractivity contribution in [2.24, 2.45) is 0 Å². The third-order valence-electron chi connectivity index (χ3n) is 3.46. The lowest BCUT2D eigenvalue weighted by atomic mass is 9.99. The number of benzene rings is 1. The molecule has 0 radical (unpaired) electrons. The molecule has 0 atom stereocenters. The smallest absolute Gasteiger partial charge is 0.206 e. The molecule has 0 aliphatic rings. The molecule has 0 aliphatic carbocycles. The van der Waals surface area contributed by atoms with Crippen molar-refractivity contribution in [2.45, 2.75) is 27.2 Å². The molecular formula is C16H18O2S. The molecule has 19 heavy (non-hydrogen) atoms. The van der Waals surface area contributed by atoms with Crippen molar-refractivity contribution in [1.82, 2.24) is 0 Å². The van der Waals surface area contributed by atoms with E-state index in [1.807, 2.05) is 37.4 Å². The normalized spacial score (nSPS) is 10.5. The summed E-state index contributed by atoms with van der Waals surface area (Å²) >= 11 is 1.50. The van der Waals surface area contributed by atoms with Gasteiger partial charge in [-0.2, -0.15) is 0 Å². The van der Waals surface area contributed by atoms with E-state index in [1.54, 1.807) is 7.11 Å². The number of methoxy groups -OCH3 is 1. The molecule has 100 valence electrons. The van der Waals surface area contributed by atoms with Crippen LogP contribution in [0.15, 0.2) is 23.6 Å². The Morgan fingerprint density at radius 3 is 2.63 bits per heavy atom. The van der Waals surface area contributed by atoms with Gasteiger partial charge in [-0.15, -0.1) is 11.3 Å². The third kappa shape index (κ3) is 2.43. The molecular weight excluding hydrogens is 256 g/mol. The lowest BCUT2D eigenvalue weighted by Crippen LogP contribution is -2.06. The minimum atomic E-state index is 0.0619. The van der Waals surface area contributed by atoms with Crippen LogP contribution in [0.1, 0.15) is 38.8 Å². The Bertz CT molecular complexity index is 611. The summed E-state index contributed by atoms with van der Waals surface area (Å²) in [5, 5.41) is 1.97. The second-order valence-corrected chi connectivity index (χ2v) is 5.46. The summed E-state index contributed by atoms with van der Waals surface area (Å²) in [7, 11) is 1.62. The SMILES string of the molecule is CCc1ccsc1C(=O)c1ccc(C)c(C)c1OC. The molecule has 2 aromatic rings.